The molecule has 29 heavy (non-hydrogen) atoms. The van der Waals surface area contributed by atoms with E-state index >= 15 is 0 Å². The van der Waals surface area contributed by atoms with Gasteiger partial charge in [0.1, 0.15) is 5.82 Å². The fourth-order valence-electron chi connectivity index (χ4n) is 4.51. The summed E-state index contributed by atoms with van der Waals surface area (Å²) in [5, 5.41) is 0. The molecule has 2 aromatic rings. The van der Waals surface area contributed by atoms with E-state index < -0.39 is 0 Å². The number of nitrogens with zero attached hydrogens (tertiary/aromatic N) is 2. The summed E-state index contributed by atoms with van der Waals surface area (Å²) in [6.45, 7) is 12.6. The molecule has 1 atom stereocenters. The summed E-state index contributed by atoms with van der Waals surface area (Å²) in [5.41, 5.74) is 11.9. The Bertz CT molecular complexity index is 909. The van der Waals surface area contributed by atoms with Crippen molar-refractivity contribution in [2.45, 2.75) is 47.1 Å². The Balaban J connectivity index is 2.01. The third kappa shape index (κ3) is 4.24. The van der Waals surface area contributed by atoms with Crippen LogP contribution in [0.2, 0.25) is 0 Å². The van der Waals surface area contributed by atoms with E-state index in [2.05, 4.69) is 56.6 Å². The van der Waals surface area contributed by atoms with Gasteiger partial charge in [-0.2, -0.15) is 0 Å². The van der Waals surface area contributed by atoms with Crippen LogP contribution >= 0.6 is 0 Å². The van der Waals surface area contributed by atoms with Gasteiger partial charge < -0.3 is 15.5 Å². The predicted octanol–water partition coefficient (Wildman–Crippen LogP) is 4.51. The van der Waals surface area contributed by atoms with E-state index in [0.29, 0.717) is 0 Å². The molecule has 0 aromatic heterocycles. The Kier molecular flexibility index (Phi) is 5.61. The predicted molar refractivity (Wildman–Crippen MR) is 118 cm³/mol. The maximum atomic E-state index is 13.7. The third-order valence-corrected chi connectivity index (χ3v) is 5.91. The molecule has 0 saturated heterocycles. The van der Waals surface area contributed by atoms with Crippen LogP contribution in [0.3, 0.4) is 0 Å². The average Bonchev–Trinajstić information content (AvgIpc) is 2.76. The first kappa shape index (κ1) is 21.2. The number of carbonyl (C=O) groups is 1. The minimum absolute atomic E-state index is 0.209. The molecule has 0 bridgehead atoms. The van der Waals surface area contributed by atoms with E-state index in [1.807, 2.05) is 13.1 Å². The molecule has 0 aliphatic carbocycles. The summed E-state index contributed by atoms with van der Waals surface area (Å²) in [7, 11) is 2.00. The Morgan fingerprint density at radius 2 is 1.72 bits per heavy atom. The van der Waals surface area contributed by atoms with E-state index in [4.69, 9.17) is 5.73 Å². The highest BCUT2D eigenvalue weighted by atomic mass is 19.1. The van der Waals surface area contributed by atoms with Gasteiger partial charge in [0.2, 0.25) is 5.91 Å². The second kappa shape index (κ2) is 7.69. The molecule has 1 heterocycles. The van der Waals surface area contributed by atoms with Crippen LogP contribution in [0.5, 0.6) is 0 Å². The zero-order chi connectivity index (χ0) is 21.5. The minimum Gasteiger partial charge on any atom is -0.372 e. The van der Waals surface area contributed by atoms with Crippen molar-refractivity contribution in [1.29, 1.82) is 0 Å². The zero-order valence-corrected chi connectivity index (χ0v) is 18.3. The van der Waals surface area contributed by atoms with Gasteiger partial charge in [-0.25, -0.2) is 4.39 Å². The molecule has 0 fully saturated rings. The molecule has 2 aromatic carbocycles. The quantitative estimate of drug-likeness (QED) is 0.829. The molecule has 2 N–H and O–H groups in total. The van der Waals surface area contributed by atoms with Gasteiger partial charge in [-0.15, -0.1) is 0 Å². The molecule has 5 heteroatoms. The van der Waals surface area contributed by atoms with Gasteiger partial charge in [-0.1, -0.05) is 26.8 Å². The molecule has 3 rings (SSSR count). The maximum absolute atomic E-state index is 13.7. The highest BCUT2D eigenvalue weighted by Gasteiger charge is 2.33. The average molecular weight is 398 g/mol. The number of hydrogen-bond donors (Lipinski definition) is 1. The van der Waals surface area contributed by atoms with E-state index in [1.165, 1.54) is 6.07 Å². The SMILES string of the molecule is Cc1cc(N2CCN(C)c3cc(F)ccc3C2)cc(C)c1C(C(N)=O)C(C)(C)C. The summed E-state index contributed by atoms with van der Waals surface area (Å²) >= 11 is 0. The molecule has 0 saturated carbocycles. The second-order valence-corrected chi connectivity index (χ2v) is 9.31. The van der Waals surface area contributed by atoms with Crippen molar-refractivity contribution in [3.63, 3.8) is 0 Å². The van der Waals surface area contributed by atoms with Gasteiger partial charge in [-0.3, -0.25) is 4.79 Å². The summed E-state index contributed by atoms with van der Waals surface area (Å²) in [6, 6.07) is 9.31. The van der Waals surface area contributed by atoms with Crippen LogP contribution in [0, 0.1) is 25.1 Å². The summed E-state index contributed by atoms with van der Waals surface area (Å²) in [4.78, 5) is 16.7. The van der Waals surface area contributed by atoms with E-state index in [0.717, 1.165) is 53.3 Å². The number of halogens is 1. The third-order valence-electron chi connectivity index (χ3n) is 5.91. The lowest BCUT2D eigenvalue weighted by molar-refractivity contribution is -0.121. The van der Waals surface area contributed by atoms with Gasteiger partial charge in [0, 0.05) is 38.1 Å². The van der Waals surface area contributed by atoms with Crippen molar-refractivity contribution < 1.29 is 9.18 Å². The highest BCUT2D eigenvalue weighted by molar-refractivity contribution is 5.84. The Labute approximate surface area is 173 Å². The zero-order valence-electron chi connectivity index (χ0n) is 18.3. The van der Waals surface area contributed by atoms with Gasteiger partial charge in [0.05, 0.1) is 5.92 Å². The molecule has 4 nitrogen and oxygen atoms in total. The Morgan fingerprint density at radius 1 is 1.10 bits per heavy atom. The van der Waals surface area contributed by atoms with Crippen LogP contribution in [0.15, 0.2) is 30.3 Å². The van der Waals surface area contributed by atoms with Crippen LogP contribution in [0.25, 0.3) is 0 Å². The maximum Gasteiger partial charge on any atom is 0.225 e. The van der Waals surface area contributed by atoms with Crippen molar-refractivity contribution in [1.82, 2.24) is 0 Å². The molecule has 1 amide bonds. The number of primary amides is 1. The number of rotatable bonds is 3. The van der Waals surface area contributed by atoms with Gasteiger partial charge in [-0.05, 0) is 65.8 Å². The summed E-state index contributed by atoms with van der Waals surface area (Å²) < 4.78 is 13.7. The van der Waals surface area contributed by atoms with Crippen LogP contribution in [0.1, 0.15) is 48.9 Å². The second-order valence-electron chi connectivity index (χ2n) is 9.31. The number of fused-ring (bicyclic) bond motifs is 1. The molecular weight excluding hydrogens is 365 g/mol. The number of likely N-dealkylation sites (N-methyl/N-ethyl adjacent to an activating group) is 1. The number of hydrogen-bond acceptors (Lipinski definition) is 3. The fourth-order valence-corrected chi connectivity index (χ4v) is 4.51. The lowest BCUT2D eigenvalue weighted by Crippen LogP contribution is -2.33. The molecule has 1 aliphatic heterocycles. The fraction of sp³-hybridized carbons (Fsp3) is 0.458. The molecule has 1 aliphatic rings. The summed E-state index contributed by atoms with van der Waals surface area (Å²) in [6.07, 6.45) is 0. The molecule has 0 radical (unpaired) electrons. The lowest BCUT2D eigenvalue weighted by Gasteiger charge is -2.32. The number of amides is 1. The van der Waals surface area contributed by atoms with Crippen LogP contribution in [0.4, 0.5) is 15.8 Å². The number of benzene rings is 2. The smallest absolute Gasteiger partial charge is 0.225 e. The van der Waals surface area contributed by atoms with Crippen LogP contribution < -0.4 is 15.5 Å². The number of carbonyl (C=O) groups excluding carboxylic acids is 1. The first-order valence-electron chi connectivity index (χ1n) is 10.1. The van der Waals surface area contributed by atoms with Crippen molar-refractivity contribution in [3.05, 3.63) is 58.4 Å². The lowest BCUT2D eigenvalue weighted by atomic mass is 9.73. The molecule has 1 unspecified atom stereocenters. The minimum atomic E-state index is -0.337. The number of anilines is 2. The largest absolute Gasteiger partial charge is 0.372 e. The first-order valence-corrected chi connectivity index (χ1v) is 10.1. The van der Waals surface area contributed by atoms with E-state index in [-0.39, 0.29) is 23.1 Å². The van der Waals surface area contributed by atoms with E-state index in [9.17, 15) is 9.18 Å². The van der Waals surface area contributed by atoms with Crippen LogP contribution in [-0.4, -0.2) is 26.0 Å². The molecule has 156 valence electrons. The number of nitrogens with two attached hydrogens (primary N) is 1. The standard InChI is InChI=1S/C24H32FN3O/c1-15-11-19(12-16(2)21(15)22(23(26)29)24(3,4)5)28-10-9-27(6)20-13-18(25)8-7-17(20)14-28/h7-8,11-13,22H,9-10,14H2,1-6H3,(H2,26,29). The first-order chi connectivity index (χ1) is 13.5. The van der Waals surface area contributed by atoms with Crippen LogP contribution in [-0.2, 0) is 11.3 Å². The van der Waals surface area contributed by atoms with Gasteiger partial charge >= 0.3 is 0 Å². The summed E-state index contributed by atoms with van der Waals surface area (Å²) in [5.74, 6) is -0.834. The van der Waals surface area contributed by atoms with E-state index in [1.54, 1.807) is 6.07 Å². The van der Waals surface area contributed by atoms with Crippen molar-refractivity contribution >= 4 is 17.3 Å². The van der Waals surface area contributed by atoms with Gasteiger partial charge in [0.15, 0.2) is 0 Å². The number of aryl methyl sites for hydroxylation is 2. The van der Waals surface area contributed by atoms with Crippen molar-refractivity contribution in [2.75, 3.05) is 29.9 Å². The normalized spacial score (nSPS) is 15.7. The highest BCUT2D eigenvalue weighted by Crippen LogP contribution is 2.40. The monoisotopic (exact) mass is 397 g/mol. The van der Waals surface area contributed by atoms with Crippen molar-refractivity contribution in [2.24, 2.45) is 11.1 Å². The molecule has 0 spiro atoms. The topological polar surface area (TPSA) is 49.6 Å². The van der Waals surface area contributed by atoms with Crippen molar-refractivity contribution in [3.8, 4) is 0 Å². The Hall–Kier alpha value is -2.56. The molecular formula is C24H32FN3O. The van der Waals surface area contributed by atoms with Gasteiger partial charge in [0.25, 0.3) is 0 Å². The Morgan fingerprint density at radius 3 is 2.28 bits per heavy atom.